The largest absolute Gasteiger partial charge is 0.383 e. The van der Waals surface area contributed by atoms with E-state index < -0.39 is 0 Å². The highest BCUT2D eigenvalue weighted by Crippen LogP contribution is 2.33. The highest BCUT2D eigenvalue weighted by atomic mass is 16.5. The Labute approximate surface area is 262 Å². The van der Waals surface area contributed by atoms with Crippen molar-refractivity contribution < 1.29 is 9.53 Å². The Hall–Kier alpha value is -5.24. The van der Waals surface area contributed by atoms with Crippen molar-refractivity contribution in [3.05, 3.63) is 108 Å². The summed E-state index contributed by atoms with van der Waals surface area (Å²) in [6.45, 7) is 4.81. The molecule has 0 bridgehead atoms. The number of amides is 2. The number of aryl methyl sites for hydroxylation is 1. The molecule has 1 aliphatic rings. The number of likely N-dealkylation sites (tertiary alicyclic amines) is 1. The molecule has 10 nitrogen and oxygen atoms in total. The second-order valence-electron chi connectivity index (χ2n) is 11.4. The van der Waals surface area contributed by atoms with E-state index in [0.717, 1.165) is 52.3 Å². The minimum atomic E-state index is -0.297. The first kappa shape index (κ1) is 29.8. The molecule has 3 aromatic carbocycles. The van der Waals surface area contributed by atoms with Crippen molar-refractivity contribution in [3.63, 3.8) is 0 Å². The summed E-state index contributed by atoms with van der Waals surface area (Å²) in [5.41, 5.74) is 7.09. The van der Waals surface area contributed by atoms with Crippen LogP contribution in [0.5, 0.6) is 0 Å². The van der Waals surface area contributed by atoms with Crippen LogP contribution in [0.2, 0.25) is 0 Å². The SMILES string of the molecule is COCCN1C[C@@H](NC(=O)Nc2c(C)c(-c3cnn(C)c3)nn2-c2ccccc2)[C@H](c2cccc(-c3cccc(C#N)c3)c2)C1. The average molecular weight is 601 g/mol. The van der Waals surface area contributed by atoms with Crippen LogP contribution in [-0.2, 0) is 11.8 Å². The number of hydrogen-bond donors (Lipinski definition) is 2. The Kier molecular flexibility index (Phi) is 8.73. The molecule has 0 radical (unpaired) electrons. The topological polar surface area (TPSA) is 113 Å². The number of ether oxygens (including phenoxy) is 1. The summed E-state index contributed by atoms with van der Waals surface area (Å²) in [7, 11) is 3.57. The predicted molar refractivity (Wildman–Crippen MR) is 174 cm³/mol. The number of nitrogens with one attached hydrogen (secondary N) is 2. The van der Waals surface area contributed by atoms with E-state index in [0.29, 0.717) is 24.5 Å². The molecular formula is C35H36N8O2. The molecule has 0 aliphatic carbocycles. The summed E-state index contributed by atoms with van der Waals surface area (Å²) in [5.74, 6) is 0.653. The summed E-state index contributed by atoms with van der Waals surface area (Å²) in [5, 5.41) is 25.0. The quantitative estimate of drug-likeness (QED) is 0.236. The van der Waals surface area contributed by atoms with Crippen molar-refractivity contribution in [2.24, 2.45) is 7.05 Å². The lowest BCUT2D eigenvalue weighted by Crippen LogP contribution is -2.42. The average Bonchev–Trinajstić information content (AvgIpc) is 3.77. The molecule has 2 amide bonds. The van der Waals surface area contributed by atoms with Crippen LogP contribution in [0.3, 0.4) is 0 Å². The molecule has 0 saturated carbocycles. The van der Waals surface area contributed by atoms with Crippen LogP contribution in [0, 0.1) is 18.3 Å². The summed E-state index contributed by atoms with van der Waals surface area (Å²) in [4.78, 5) is 16.1. The molecule has 1 saturated heterocycles. The number of benzene rings is 3. The van der Waals surface area contributed by atoms with Gasteiger partial charge in [-0.25, -0.2) is 9.48 Å². The number of methoxy groups -OCH3 is 1. The number of hydrogen-bond acceptors (Lipinski definition) is 6. The lowest BCUT2D eigenvalue weighted by Gasteiger charge is -2.21. The lowest BCUT2D eigenvalue weighted by atomic mass is 9.91. The van der Waals surface area contributed by atoms with Crippen molar-refractivity contribution in [2.45, 2.75) is 18.9 Å². The maximum atomic E-state index is 13.8. The Bertz CT molecular complexity index is 1840. The van der Waals surface area contributed by atoms with E-state index in [-0.39, 0.29) is 18.0 Å². The van der Waals surface area contributed by atoms with E-state index in [1.807, 2.05) is 80.8 Å². The molecule has 2 atom stereocenters. The van der Waals surface area contributed by atoms with Gasteiger partial charge in [-0.15, -0.1) is 0 Å². The van der Waals surface area contributed by atoms with Crippen LogP contribution in [-0.4, -0.2) is 69.9 Å². The van der Waals surface area contributed by atoms with Gasteiger partial charge in [0, 0.05) is 57.0 Å². The van der Waals surface area contributed by atoms with Crippen LogP contribution in [0.1, 0.15) is 22.6 Å². The number of aromatic nitrogens is 4. The monoisotopic (exact) mass is 600 g/mol. The van der Waals surface area contributed by atoms with Gasteiger partial charge in [-0.05, 0) is 47.9 Å². The van der Waals surface area contributed by atoms with E-state index in [2.05, 4.69) is 44.9 Å². The number of urea groups is 1. The summed E-state index contributed by atoms with van der Waals surface area (Å²) in [6.07, 6.45) is 3.69. The van der Waals surface area contributed by atoms with Gasteiger partial charge in [-0.3, -0.25) is 14.9 Å². The van der Waals surface area contributed by atoms with Gasteiger partial charge in [0.05, 0.1) is 36.2 Å². The molecule has 0 unspecified atom stereocenters. The van der Waals surface area contributed by atoms with Crippen molar-refractivity contribution in [1.82, 2.24) is 29.8 Å². The Morgan fingerprint density at radius 2 is 1.80 bits per heavy atom. The number of carbonyl (C=O) groups is 1. The molecule has 5 aromatic rings. The summed E-state index contributed by atoms with van der Waals surface area (Å²) < 4.78 is 8.87. The molecule has 1 fully saturated rings. The molecule has 2 N–H and O–H groups in total. The minimum absolute atomic E-state index is 0.0535. The number of para-hydroxylation sites is 1. The van der Waals surface area contributed by atoms with Gasteiger partial charge in [-0.1, -0.05) is 54.6 Å². The van der Waals surface area contributed by atoms with Crippen molar-refractivity contribution in [2.75, 3.05) is 38.7 Å². The minimum Gasteiger partial charge on any atom is -0.383 e. The van der Waals surface area contributed by atoms with Gasteiger partial charge in [0.25, 0.3) is 0 Å². The first-order valence-corrected chi connectivity index (χ1v) is 15.0. The molecular weight excluding hydrogens is 564 g/mol. The second kappa shape index (κ2) is 13.2. The predicted octanol–water partition coefficient (Wildman–Crippen LogP) is 5.36. The van der Waals surface area contributed by atoms with Crippen LogP contribution < -0.4 is 10.6 Å². The normalized spacial score (nSPS) is 16.4. The van der Waals surface area contributed by atoms with Gasteiger partial charge >= 0.3 is 6.03 Å². The smallest absolute Gasteiger partial charge is 0.320 e. The molecule has 6 rings (SSSR count). The maximum Gasteiger partial charge on any atom is 0.320 e. The van der Waals surface area contributed by atoms with Crippen LogP contribution >= 0.6 is 0 Å². The van der Waals surface area contributed by atoms with E-state index in [4.69, 9.17) is 9.84 Å². The van der Waals surface area contributed by atoms with E-state index in [9.17, 15) is 10.1 Å². The number of nitrogens with zero attached hydrogens (tertiary/aromatic N) is 6. The van der Waals surface area contributed by atoms with Gasteiger partial charge in [0.15, 0.2) is 0 Å². The molecule has 228 valence electrons. The van der Waals surface area contributed by atoms with Crippen LogP contribution in [0.15, 0.2) is 91.3 Å². The Balaban J connectivity index is 1.28. The number of carbonyl (C=O) groups excluding carboxylic acids is 1. The third-order valence-corrected chi connectivity index (χ3v) is 8.30. The fourth-order valence-electron chi connectivity index (χ4n) is 6.02. The first-order valence-electron chi connectivity index (χ1n) is 15.0. The Morgan fingerprint density at radius 3 is 2.53 bits per heavy atom. The second-order valence-corrected chi connectivity index (χ2v) is 11.4. The Morgan fingerprint density at radius 1 is 1.02 bits per heavy atom. The zero-order valence-corrected chi connectivity index (χ0v) is 25.6. The molecule has 10 heteroatoms. The van der Waals surface area contributed by atoms with Crippen molar-refractivity contribution in [1.29, 1.82) is 5.26 Å². The van der Waals surface area contributed by atoms with E-state index >= 15 is 0 Å². The number of nitriles is 1. The van der Waals surface area contributed by atoms with E-state index in [1.54, 1.807) is 22.7 Å². The van der Waals surface area contributed by atoms with Gasteiger partial charge in [-0.2, -0.15) is 15.5 Å². The van der Waals surface area contributed by atoms with E-state index in [1.165, 1.54) is 0 Å². The van der Waals surface area contributed by atoms with Crippen LogP contribution in [0.25, 0.3) is 28.1 Å². The third kappa shape index (κ3) is 6.50. The van der Waals surface area contributed by atoms with Gasteiger partial charge in [0.1, 0.15) is 11.5 Å². The standard InChI is InChI=1S/C35H36N8O2/c1-24-33(29-20-37-41(2)21-29)40-43(30-13-5-4-6-14-30)34(24)39-35(44)38-32-23-42(15-16-45-3)22-31(32)28-12-8-11-27(18-28)26-10-7-9-25(17-26)19-36/h4-14,17-18,20-21,31-32H,15-16,22-23H2,1-3H3,(H2,38,39,44)/t31-,32+/m0/s1. The summed E-state index contributed by atoms with van der Waals surface area (Å²) >= 11 is 0. The summed E-state index contributed by atoms with van der Waals surface area (Å²) in [6, 6.07) is 27.6. The lowest BCUT2D eigenvalue weighted by molar-refractivity contribution is 0.159. The molecule has 2 aromatic heterocycles. The number of anilines is 1. The zero-order valence-electron chi connectivity index (χ0n) is 25.6. The fourth-order valence-corrected chi connectivity index (χ4v) is 6.02. The highest BCUT2D eigenvalue weighted by molar-refractivity contribution is 5.91. The first-order chi connectivity index (χ1) is 21.9. The fraction of sp³-hybridized carbons (Fsp3) is 0.257. The maximum absolute atomic E-state index is 13.8. The molecule has 3 heterocycles. The molecule has 45 heavy (non-hydrogen) atoms. The van der Waals surface area contributed by atoms with Crippen LogP contribution in [0.4, 0.5) is 10.6 Å². The third-order valence-electron chi connectivity index (χ3n) is 8.30. The highest BCUT2D eigenvalue weighted by Gasteiger charge is 2.35. The van der Waals surface area contributed by atoms with Crippen molar-refractivity contribution >= 4 is 11.8 Å². The van der Waals surface area contributed by atoms with Gasteiger partial charge < -0.3 is 10.1 Å². The molecule has 0 spiro atoms. The van der Waals surface area contributed by atoms with Crippen molar-refractivity contribution in [3.8, 4) is 34.1 Å². The number of rotatable bonds is 9. The van der Waals surface area contributed by atoms with Gasteiger partial charge in [0.2, 0.25) is 0 Å². The zero-order chi connectivity index (χ0) is 31.3. The molecule has 1 aliphatic heterocycles.